The number of hydrogen-bond donors (Lipinski definition) is 1. The number of aryl methyl sites for hydroxylation is 1. The summed E-state index contributed by atoms with van der Waals surface area (Å²) in [4.78, 5) is 0. The summed E-state index contributed by atoms with van der Waals surface area (Å²) in [5.41, 5.74) is 1.68. The first-order valence-corrected chi connectivity index (χ1v) is 6.56. The highest BCUT2D eigenvalue weighted by Gasteiger charge is 2.17. The van der Waals surface area contributed by atoms with Crippen LogP contribution in [0.1, 0.15) is 23.0 Å². The average Bonchev–Trinajstić information content (AvgIpc) is 2.86. The van der Waals surface area contributed by atoms with E-state index in [0.717, 1.165) is 5.56 Å². The first-order chi connectivity index (χ1) is 9.56. The van der Waals surface area contributed by atoms with Crippen molar-refractivity contribution in [1.29, 1.82) is 0 Å². The van der Waals surface area contributed by atoms with Crippen molar-refractivity contribution in [3.63, 3.8) is 0 Å². The summed E-state index contributed by atoms with van der Waals surface area (Å²) in [6.07, 6.45) is -0.947. The second-order valence-electron chi connectivity index (χ2n) is 4.72. The zero-order valence-corrected chi connectivity index (χ0v) is 11.5. The van der Waals surface area contributed by atoms with Crippen molar-refractivity contribution in [2.24, 2.45) is 0 Å². The molecule has 0 aliphatic rings. The largest absolute Gasteiger partial charge is 0.455 e. The van der Waals surface area contributed by atoms with E-state index in [4.69, 9.17) is 16.0 Å². The van der Waals surface area contributed by atoms with Crippen LogP contribution in [-0.2, 0) is 0 Å². The predicted molar refractivity (Wildman–Crippen MR) is 76.4 cm³/mol. The van der Waals surface area contributed by atoms with E-state index in [1.165, 1.54) is 6.07 Å². The molecule has 3 rings (SSSR count). The van der Waals surface area contributed by atoms with Gasteiger partial charge in [0, 0.05) is 10.4 Å². The topological polar surface area (TPSA) is 33.4 Å². The van der Waals surface area contributed by atoms with Crippen molar-refractivity contribution in [3.05, 3.63) is 70.2 Å². The Morgan fingerprint density at radius 2 is 2.00 bits per heavy atom. The molecule has 1 unspecified atom stereocenters. The van der Waals surface area contributed by atoms with Gasteiger partial charge in [-0.1, -0.05) is 35.9 Å². The van der Waals surface area contributed by atoms with E-state index in [1.54, 1.807) is 36.4 Å². The van der Waals surface area contributed by atoms with Crippen LogP contribution in [0, 0.1) is 12.7 Å². The van der Waals surface area contributed by atoms with Crippen LogP contribution in [-0.4, -0.2) is 5.11 Å². The van der Waals surface area contributed by atoms with Crippen LogP contribution in [0.3, 0.4) is 0 Å². The van der Waals surface area contributed by atoms with E-state index in [1.807, 2.05) is 6.92 Å². The lowest BCUT2D eigenvalue weighted by atomic mass is 10.0. The highest BCUT2D eigenvalue weighted by molar-refractivity contribution is 6.31. The van der Waals surface area contributed by atoms with Crippen molar-refractivity contribution < 1.29 is 13.9 Å². The van der Waals surface area contributed by atoms with E-state index in [9.17, 15) is 9.50 Å². The summed E-state index contributed by atoms with van der Waals surface area (Å²) >= 11 is 5.96. The Bertz CT molecular complexity index is 779. The van der Waals surface area contributed by atoms with E-state index in [2.05, 4.69) is 0 Å². The SMILES string of the molecule is Cc1cc(C(O)c2cc3cccc(F)c3o2)ccc1Cl. The van der Waals surface area contributed by atoms with E-state index in [0.29, 0.717) is 21.7 Å². The number of aliphatic hydroxyl groups excluding tert-OH is 1. The highest BCUT2D eigenvalue weighted by atomic mass is 35.5. The summed E-state index contributed by atoms with van der Waals surface area (Å²) in [5, 5.41) is 11.6. The summed E-state index contributed by atoms with van der Waals surface area (Å²) in [6, 6.07) is 11.6. The van der Waals surface area contributed by atoms with Crippen LogP contribution in [0.5, 0.6) is 0 Å². The molecule has 0 aliphatic heterocycles. The van der Waals surface area contributed by atoms with E-state index < -0.39 is 11.9 Å². The third-order valence-electron chi connectivity index (χ3n) is 3.28. The third-order valence-corrected chi connectivity index (χ3v) is 3.71. The standard InChI is InChI=1S/C16H12ClFO2/c1-9-7-10(5-6-12(9)17)15(19)14-8-11-3-2-4-13(18)16(11)20-14/h2-8,15,19H,1H3. The Morgan fingerprint density at radius 1 is 1.20 bits per heavy atom. The molecule has 0 spiro atoms. The molecule has 2 nitrogen and oxygen atoms in total. The Balaban J connectivity index is 2.05. The minimum absolute atomic E-state index is 0.159. The first kappa shape index (κ1) is 13.2. The van der Waals surface area contributed by atoms with E-state index in [-0.39, 0.29) is 5.58 Å². The van der Waals surface area contributed by atoms with Gasteiger partial charge >= 0.3 is 0 Å². The molecule has 0 aliphatic carbocycles. The number of aliphatic hydroxyl groups is 1. The fourth-order valence-electron chi connectivity index (χ4n) is 2.18. The van der Waals surface area contributed by atoms with Crippen molar-refractivity contribution in [1.82, 2.24) is 0 Å². The molecule has 0 bridgehead atoms. The number of furan rings is 1. The van der Waals surface area contributed by atoms with Gasteiger partial charge in [0.15, 0.2) is 11.4 Å². The number of rotatable bonds is 2. The molecule has 20 heavy (non-hydrogen) atoms. The Hall–Kier alpha value is -1.84. The van der Waals surface area contributed by atoms with Crippen LogP contribution < -0.4 is 0 Å². The third kappa shape index (κ3) is 2.19. The molecule has 1 N–H and O–H groups in total. The number of hydrogen-bond acceptors (Lipinski definition) is 2. The average molecular weight is 291 g/mol. The van der Waals surface area contributed by atoms with E-state index >= 15 is 0 Å². The molecule has 1 heterocycles. The summed E-state index contributed by atoms with van der Waals surface area (Å²) in [7, 11) is 0. The number of fused-ring (bicyclic) bond motifs is 1. The first-order valence-electron chi connectivity index (χ1n) is 6.18. The molecule has 0 amide bonds. The maximum Gasteiger partial charge on any atom is 0.170 e. The van der Waals surface area contributed by atoms with Gasteiger partial charge in [0.05, 0.1) is 0 Å². The molecular formula is C16H12ClFO2. The molecule has 0 saturated heterocycles. The molecule has 102 valence electrons. The van der Waals surface area contributed by atoms with Crippen molar-refractivity contribution in [2.45, 2.75) is 13.0 Å². The number of benzene rings is 2. The van der Waals surface area contributed by atoms with Crippen molar-refractivity contribution >= 4 is 22.6 Å². The summed E-state index contributed by atoms with van der Waals surface area (Å²) in [6.45, 7) is 1.86. The Kier molecular flexibility index (Phi) is 3.24. The van der Waals surface area contributed by atoms with Gasteiger partial charge in [-0.25, -0.2) is 4.39 Å². The molecule has 2 aromatic carbocycles. The summed E-state index contributed by atoms with van der Waals surface area (Å²) < 4.78 is 19.0. The second kappa shape index (κ2) is 4.93. The van der Waals surface area contributed by atoms with Gasteiger partial charge in [-0.05, 0) is 36.2 Å². The number of halogens is 2. The van der Waals surface area contributed by atoms with Gasteiger partial charge in [0.25, 0.3) is 0 Å². The molecule has 3 aromatic rings. The Morgan fingerprint density at radius 3 is 2.70 bits per heavy atom. The Labute approximate surface area is 120 Å². The summed E-state index contributed by atoms with van der Waals surface area (Å²) in [5.74, 6) is -0.125. The molecule has 1 atom stereocenters. The lowest BCUT2D eigenvalue weighted by Crippen LogP contribution is -1.98. The molecule has 1 aromatic heterocycles. The van der Waals surface area contributed by atoms with Crippen LogP contribution in [0.25, 0.3) is 11.0 Å². The lowest BCUT2D eigenvalue weighted by Gasteiger charge is -2.09. The molecule has 0 radical (unpaired) electrons. The zero-order valence-electron chi connectivity index (χ0n) is 10.7. The maximum atomic E-state index is 13.6. The quantitative estimate of drug-likeness (QED) is 0.747. The van der Waals surface area contributed by atoms with Gasteiger partial charge < -0.3 is 9.52 Å². The van der Waals surface area contributed by atoms with Crippen LogP contribution >= 0.6 is 11.6 Å². The zero-order chi connectivity index (χ0) is 14.3. The molecule has 0 fully saturated rings. The minimum atomic E-state index is -0.947. The van der Waals surface area contributed by atoms with Gasteiger partial charge in [-0.2, -0.15) is 0 Å². The van der Waals surface area contributed by atoms with Gasteiger partial charge in [-0.3, -0.25) is 0 Å². The van der Waals surface area contributed by atoms with Crippen molar-refractivity contribution in [2.75, 3.05) is 0 Å². The second-order valence-corrected chi connectivity index (χ2v) is 5.13. The smallest absolute Gasteiger partial charge is 0.170 e. The molecule has 4 heteroatoms. The monoisotopic (exact) mass is 290 g/mol. The fraction of sp³-hybridized carbons (Fsp3) is 0.125. The lowest BCUT2D eigenvalue weighted by molar-refractivity contribution is 0.192. The van der Waals surface area contributed by atoms with Crippen LogP contribution in [0.4, 0.5) is 4.39 Å². The normalized spacial score (nSPS) is 12.8. The van der Waals surface area contributed by atoms with Gasteiger partial charge in [-0.15, -0.1) is 0 Å². The predicted octanol–water partition coefficient (Wildman–Crippen LogP) is 4.62. The van der Waals surface area contributed by atoms with Crippen LogP contribution in [0.15, 0.2) is 46.9 Å². The van der Waals surface area contributed by atoms with Crippen molar-refractivity contribution in [3.8, 4) is 0 Å². The van der Waals surface area contributed by atoms with Gasteiger partial charge in [0.1, 0.15) is 11.9 Å². The van der Waals surface area contributed by atoms with Gasteiger partial charge in [0.2, 0.25) is 0 Å². The molecular weight excluding hydrogens is 279 g/mol. The maximum absolute atomic E-state index is 13.6. The van der Waals surface area contributed by atoms with Crippen LogP contribution in [0.2, 0.25) is 5.02 Å². The fourth-order valence-corrected chi connectivity index (χ4v) is 2.30. The number of para-hydroxylation sites is 1. The highest BCUT2D eigenvalue weighted by Crippen LogP contribution is 2.30. The minimum Gasteiger partial charge on any atom is -0.455 e. The molecule has 0 saturated carbocycles.